The lowest BCUT2D eigenvalue weighted by molar-refractivity contribution is 0.382. The standard InChI is InChI=1S/C17H20N4O2S/c1-3-7-14-18-16(23-21-14)11-24-17-20-19-15(22-17)10-12(2)13-8-5-4-6-9-13/h4-6,8-9,12H,3,7,10-11H2,1-2H3. The van der Waals surface area contributed by atoms with E-state index in [0.717, 1.165) is 25.1 Å². The predicted molar refractivity (Wildman–Crippen MR) is 90.7 cm³/mol. The summed E-state index contributed by atoms with van der Waals surface area (Å²) in [4.78, 5) is 4.32. The Bertz CT molecular complexity index is 757. The summed E-state index contributed by atoms with van der Waals surface area (Å²) in [5, 5.41) is 12.7. The van der Waals surface area contributed by atoms with Crippen molar-refractivity contribution < 1.29 is 8.94 Å². The molecule has 3 aromatic rings. The first-order valence-electron chi connectivity index (χ1n) is 8.06. The summed E-state index contributed by atoms with van der Waals surface area (Å²) in [5.74, 6) is 2.84. The van der Waals surface area contributed by atoms with Crippen LogP contribution in [0.3, 0.4) is 0 Å². The lowest BCUT2D eigenvalue weighted by Crippen LogP contribution is -1.98. The quantitative estimate of drug-likeness (QED) is 0.571. The molecule has 2 heterocycles. The molecule has 1 aromatic carbocycles. The van der Waals surface area contributed by atoms with Gasteiger partial charge in [0.05, 0.1) is 5.75 Å². The number of aromatic nitrogens is 4. The minimum absolute atomic E-state index is 0.331. The highest BCUT2D eigenvalue weighted by molar-refractivity contribution is 7.98. The van der Waals surface area contributed by atoms with Crippen molar-refractivity contribution in [1.82, 2.24) is 20.3 Å². The zero-order chi connectivity index (χ0) is 16.8. The molecule has 0 aliphatic carbocycles. The number of hydrogen-bond acceptors (Lipinski definition) is 7. The van der Waals surface area contributed by atoms with Gasteiger partial charge >= 0.3 is 0 Å². The van der Waals surface area contributed by atoms with E-state index in [1.807, 2.05) is 18.2 Å². The van der Waals surface area contributed by atoms with Crippen molar-refractivity contribution in [1.29, 1.82) is 0 Å². The van der Waals surface area contributed by atoms with Crippen LogP contribution in [0.4, 0.5) is 0 Å². The molecule has 0 saturated carbocycles. The van der Waals surface area contributed by atoms with Gasteiger partial charge in [0.1, 0.15) is 0 Å². The largest absolute Gasteiger partial charge is 0.416 e. The minimum atomic E-state index is 0.331. The molecule has 1 atom stereocenters. The third kappa shape index (κ3) is 4.44. The molecular weight excluding hydrogens is 324 g/mol. The van der Waals surface area contributed by atoms with Gasteiger partial charge in [-0.1, -0.05) is 61.1 Å². The zero-order valence-corrected chi connectivity index (χ0v) is 14.6. The fraction of sp³-hybridized carbons (Fsp3) is 0.412. The molecule has 0 spiro atoms. The molecule has 0 amide bonds. The highest BCUT2D eigenvalue weighted by Gasteiger charge is 2.14. The van der Waals surface area contributed by atoms with Crippen molar-refractivity contribution in [2.45, 2.75) is 50.0 Å². The van der Waals surface area contributed by atoms with Gasteiger partial charge in [-0.05, 0) is 17.9 Å². The number of hydrogen-bond donors (Lipinski definition) is 0. The van der Waals surface area contributed by atoms with Crippen molar-refractivity contribution in [3.63, 3.8) is 0 Å². The topological polar surface area (TPSA) is 77.8 Å². The fourth-order valence-electron chi connectivity index (χ4n) is 2.34. The molecule has 0 bridgehead atoms. The molecule has 0 N–H and O–H groups in total. The molecule has 1 unspecified atom stereocenters. The van der Waals surface area contributed by atoms with E-state index in [1.54, 1.807) is 0 Å². The van der Waals surface area contributed by atoms with Crippen LogP contribution in [-0.4, -0.2) is 20.3 Å². The number of nitrogens with zero attached hydrogens (tertiary/aromatic N) is 4. The summed E-state index contributed by atoms with van der Waals surface area (Å²) in [7, 11) is 0. The van der Waals surface area contributed by atoms with Gasteiger partial charge in [0.15, 0.2) is 5.82 Å². The van der Waals surface area contributed by atoms with Crippen LogP contribution in [0.1, 0.15) is 49.4 Å². The van der Waals surface area contributed by atoms with Crippen LogP contribution in [0, 0.1) is 0 Å². The molecule has 0 saturated heterocycles. The normalized spacial score (nSPS) is 12.4. The van der Waals surface area contributed by atoms with Gasteiger partial charge < -0.3 is 8.94 Å². The van der Waals surface area contributed by atoms with Gasteiger partial charge in [-0.2, -0.15) is 4.98 Å². The van der Waals surface area contributed by atoms with Crippen LogP contribution in [0.2, 0.25) is 0 Å². The Morgan fingerprint density at radius 2 is 1.96 bits per heavy atom. The van der Waals surface area contributed by atoms with Gasteiger partial charge in [0.2, 0.25) is 11.8 Å². The SMILES string of the molecule is CCCc1noc(CSc2nnc(CC(C)c3ccccc3)o2)n1. The molecule has 0 radical (unpaired) electrons. The van der Waals surface area contributed by atoms with E-state index in [9.17, 15) is 0 Å². The Kier molecular flexibility index (Phi) is 5.63. The average Bonchev–Trinajstić information content (AvgIpc) is 3.23. The van der Waals surface area contributed by atoms with Gasteiger partial charge in [0, 0.05) is 12.8 Å². The lowest BCUT2D eigenvalue weighted by Gasteiger charge is -2.08. The lowest BCUT2D eigenvalue weighted by atomic mass is 9.98. The highest BCUT2D eigenvalue weighted by atomic mass is 32.2. The fourth-order valence-corrected chi connectivity index (χ4v) is 2.96. The van der Waals surface area contributed by atoms with Crippen molar-refractivity contribution in [3.8, 4) is 0 Å². The van der Waals surface area contributed by atoms with Crippen LogP contribution in [-0.2, 0) is 18.6 Å². The smallest absolute Gasteiger partial charge is 0.277 e. The zero-order valence-electron chi connectivity index (χ0n) is 13.8. The molecule has 2 aromatic heterocycles. The van der Waals surface area contributed by atoms with Gasteiger partial charge in [-0.15, -0.1) is 10.2 Å². The van der Waals surface area contributed by atoms with Crippen molar-refractivity contribution in [3.05, 3.63) is 53.5 Å². The van der Waals surface area contributed by atoms with Crippen LogP contribution >= 0.6 is 11.8 Å². The summed E-state index contributed by atoms with van der Waals surface area (Å²) in [6.45, 7) is 4.24. The third-order valence-corrected chi connectivity index (χ3v) is 4.40. The van der Waals surface area contributed by atoms with Gasteiger partial charge in [-0.3, -0.25) is 0 Å². The van der Waals surface area contributed by atoms with Gasteiger partial charge in [-0.25, -0.2) is 0 Å². The van der Waals surface area contributed by atoms with E-state index in [1.165, 1.54) is 17.3 Å². The summed E-state index contributed by atoms with van der Waals surface area (Å²) in [6, 6.07) is 10.3. The van der Waals surface area contributed by atoms with E-state index < -0.39 is 0 Å². The minimum Gasteiger partial charge on any atom is -0.416 e. The molecule has 7 heteroatoms. The molecule has 126 valence electrons. The summed E-state index contributed by atoms with van der Waals surface area (Å²) < 4.78 is 10.9. The summed E-state index contributed by atoms with van der Waals surface area (Å²) in [5.41, 5.74) is 1.26. The van der Waals surface area contributed by atoms with Crippen LogP contribution < -0.4 is 0 Å². The first kappa shape index (κ1) is 16.7. The monoisotopic (exact) mass is 344 g/mol. The maximum atomic E-state index is 5.70. The Morgan fingerprint density at radius 3 is 2.75 bits per heavy atom. The molecule has 3 rings (SSSR count). The second kappa shape index (κ2) is 8.10. The highest BCUT2D eigenvalue weighted by Crippen LogP contribution is 2.24. The number of thioether (sulfide) groups is 1. The molecule has 0 fully saturated rings. The Labute approximate surface area is 145 Å². The van der Waals surface area contributed by atoms with E-state index in [4.69, 9.17) is 8.94 Å². The van der Waals surface area contributed by atoms with Crippen molar-refractivity contribution in [2.75, 3.05) is 0 Å². The van der Waals surface area contributed by atoms with E-state index in [-0.39, 0.29) is 0 Å². The third-order valence-electron chi connectivity index (χ3n) is 3.60. The molecule has 6 nitrogen and oxygen atoms in total. The van der Waals surface area contributed by atoms with Gasteiger partial charge in [0.25, 0.3) is 5.22 Å². The Morgan fingerprint density at radius 1 is 1.12 bits per heavy atom. The number of benzene rings is 1. The van der Waals surface area contributed by atoms with Crippen molar-refractivity contribution in [2.24, 2.45) is 0 Å². The molecule has 0 aliphatic heterocycles. The molecular formula is C17H20N4O2S. The first-order valence-corrected chi connectivity index (χ1v) is 9.04. The van der Waals surface area contributed by atoms with Crippen LogP contribution in [0.15, 0.2) is 44.5 Å². The maximum absolute atomic E-state index is 5.70. The summed E-state index contributed by atoms with van der Waals surface area (Å²) >= 11 is 1.41. The second-order valence-electron chi connectivity index (χ2n) is 5.62. The van der Waals surface area contributed by atoms with E-state index >= 15 is 0 Å². The van der Waals surface area contributed by atoms with Crippen LogP contribution in [0.5, 0.6) is 0 Å². The molecule has 0 aliphatic rings. The van der Waals surface area contributed by atoms with E-state index in [0.29, 0.717) is 28.7 Å². The Hall–Kier alpha value is -2.15. The van der Waals surface area contributed by atoms with E-state index in [2.05, 4.69) is 46.3 Å². The van der Waals surface area contributed by atoms with Crippen molar-refractivity contribution >= 4 is 11.8 Å². The Balaban J connectivity index is 1.53. The average molecular weight is 344 g/mol. The number of rotatable bonds is 8. The molecule has 24 heavy (non-hydrogen) atoms. The number of aryl methyl sites for hydroxylation is 1. The predicted octanol–water partition coefficient (Wildman–Crippen LogP) is 4.04. The summed E-state index contributed by atoms with van der Waals surface area (Å²) in [6.07, 6.45) is 2.55. The second-order valence-corrected chi connectivity index (χ2v) is 6.55. The maximum Gasteiger partial charge on any atom is 0.277 e. The first-order chi connectivity index (χ1) is 11.7. The van der Waals surface area contributed by atoms with Crippen LogP contribution in [0.25, 0.3) is 0 Å².